The zero-order chi connectivity index (χ0) is 12.8. The van der Waals surface area contributed by atoms with Gasteiger partial charge in [0.25, 0.3) is 0 Å². The number of rotatable bonds is 5. The molecule has 4 rings (SSSR count). The summed E-state index contributed by atoms with van der Waals surface area (Å²) in [5.41, 5.74) is 0.0783. The maximum Gasteiger partial charge on any atom is 0.155 e. The number of ketones is 1. The zero-order valence-electron chi connectivity index (χ0n) is 11.9. The van der Waals surface area contributed by atoms with Crippen LogP contribution >= 0.6 is 0 Å². The van der Waals surface area contributed by atoms with E-state index in [0.717, 1.165) is 30.7 Å². The van der Waals surface area contributed by atoms with Gasteiger partial charge in [0.1, 0.15) is 0 Å². The highest BCUT2D eigenvalue weighted by Gasteiger charge is 2.54. The van der Waals surface area contributed by atoms with Gasteiger partial charge in [0.05, 0.1) is 6.04 Å². The van der Waals surface area contributed by atoms with E-state index in [1.54, 1.807) is 0 Å². The van der Waals surface area contributed by atoms with E-state index in [0.29, 0.717) is 5.78 Å². The third-order valence-electron chi connectivity index (χ3n) is 5.65. The number of nitrogens with one attached hydrogen (secondary N) is 1. The van der Waals surface area contributed by atoms with Gasteiger partial charge in [-0.1, -0.05) is 6.92 Å². The summed E-state index contributed by atoms with van der Waals surface area (Å²) in [5.74, 6) is 3.16. The number of hydrogen-bond acceptors (Lipinski definition) is 2. The maximum absolute atomic E-state index is 12.8. The highest BCUT2D eigenvalue weighted by atomic mass is 16.1. The van der Waals surface area contributed by atoms with Crippen LogP contribution in [0.5, 0.6) is 0 Å². The van der Waals surface area contributed by atoms with E-state index in [1.807, 2.05) is 0 Å². The fourth-order valence-electron chi connectivity index (χ4n) is 5.33. The lowest BCUT2D eigenvalue weighted by Crippen LogP contribution is -2.54. The predicted molar refractivity (Wildman–Crippen MR) is 73.4 cm³/mol. The lowest BCUT2D eigenvalue weighted by molar-refractivity contribution is -0.145. The second kappa shape index (κ2) is 4.63. The molecule has 4 saturated carbocycles. The van der Waals surface area contributed by atoms with Crippen molar-refractivity contribution < 1.29 is 4.79 Å². The Morgan fingerprint density at radius 2 is 1.67 bits per heavy atom. The smallest absolute Gasteiger partial charge is 0.155 e. The molecule has 0 aromatic rings. The molecule has 4 aliphatic rings. The molecule has 4 bridgehead atoms. The van der Waals surface area contributed by atoms with Crippen LogP contribution in [0.1, 0.15) is 58.8 Å². The molecule has 0 aromatic carbocycles. The van der Waals surface area contributed by atoms with Crippen molar-refractivity contribution in [2.45, 2.75) is 64.8 Å². The molecule has 102 valence electrons. The summed E-state index contributed by atoms with van der Waals surface area (Å²) < 4.78 is 0. The molecule has 0 aromatic heterocycles. The molecule has 18 heavy (non-hydrogen) atoms. The number of Topliss-reactive ketones (excluding diaryl/α,β-unsaturated/α-hetero) is 1. The molecule has 0 amide bonds. The molecule has 0 spiro atoms. The topological polar surface area (TPSA) is 29.1 Å². The minimum absolute atomic E-state index is 0.0706. The number of carbonyl (C=O) groups excluding carboxylic acids is 1. The van der Waals surface area contributed by atoms with Crippen molar-refractivity contribution in [1.82, 2.24) is 5.32 Å². The summed E-state index contributed by atoms with van der Waals surface area (Å²) in [6.07, 6.45) is 8.98. The van der Waals surface area contributed by atoms with Gasteiger partial charge in [-0.05, 0) is 76.2 Å². The molecule has 2 heteroatoms. The van der Waals surface area contributed by atoms with Gasteiger partial charge >= 0.3 is 0 Å². The van der Waals surface area contributed by atoms with Crippen molar-refractivity contribution >= 4 is 5.78 Å². The zero-order valence-corrected chi connectivity index (χ0v) is 11.9. The van der Waals surface area contributed by atoms with E-state index in [4.69, 9.17) is 0 Å². The summed E-state index contributed by atoms with van der Waals surface area (Å²) >= 11 is 0. The van der Waals surface area contributed by atoms with E-state index >= 15 is 0 Å². The quantitative estimate of drug-likeness (QED) is 0.811. The Bertz CT molecular complexity index is 301. The fraction of sp³-hybridized carbons (Fsp3) is 0.938. The summed E-state index contributed by atoms with van der Waals surface area (Å²) in [6.45, 7) is 5.21. The highest BCUT2D eigenvalue weighted by Crippen LogP contribution is 2.60. The Hall–Kier alpha value is -0.370. The average molecular weight is 249 g/mol. The normalized spacial score (nSPS) is 43.1. The van der Waals surface area contributed by atoms with Crippen LogP contribution in [0.3, 0.4) is 0 Å². The van der Waals surface area contributed by atoms with Crippen LogP contribution in [-0.4, -0.2) is 18.4 Å². The predicted octanol–water partition coefficient (Wildman–Crippen LogP) is 3.16. The Morgan fingerprint density at radius 1 is 1.17 bits per heavy atom. The number of hydrogen-bond donors (Lipinski definition) is 1. The van der Waals surface area contributed by atoms with Crippen LogP contribution in [0.4, 0.5) is 0 Å². The van der Waals surface area contributed by atoms with Gasteiger partial charge in [-0.3, -0.25) is 4.79 Å². The van der Waals surface area contributed by atoms with Gasteiger partial charge in [0, 0.05) is 5.41 Å². The van der Waals surface area contributed by atoms with Crippen molar-refractivity contribution in [3.63, 3.8) is 0 Å². The molecular formula is C16H27NO. The molecule has 2 nitrogen and oxygen atoms in total. The van der Waals surface area contributed by atoms with Crippen molar-refractivity contribution in [1.29, 1.82) is 0 Å². The van der Waals surface area contributed by atoms with Crippen LogP contribution < -0.4 is 5.32 Å². The largest absolute Gasteiger partial charge is 0.308 e. The Labute approximate surface area is 111 Å². The van der Waals surface area contributed by atoms with Crippen LogP contribution in [0.2, 0.25) is 0 Å². The summed E-state index contributed by atoms with van der Waals surface area (Å²) in [4.78, 5) is 12.8. The van der Waals surface area contributed by atoms with Gasteiger partial charge in [-0.15, -0.1) is 0 Å². The van der Waals surface area contributed by atoms with Crippen molar-refractivity contribution in [3.8, 4) is 0 Å². The molecule has 1 atom stereocenters. The van der Waals surface area contributed by atoms with Crippen LogP contribution in [0.25, 0.3) is 0 Å². The van der Waals surface area contributed by atoms with Gasteiger partial charge in [-0.2, -0.15) is 0 Å². The minimum Gasteiger partial charge on any atom is -0.308 e. The average Bonchev–Trinajstić information content (AvgIpc) is 2.33. The second-order valence-corrected chi connectivity index (χ2v) is 7.24. The third kappa shape index (κ3) is 2.03. The Kier molecular flexibility index (Phi) is 3.25. The maximum atomic E-state index is 12.8. The molecule has 0 radical (unpaired) electrons. The van der Waals surface area contributed by atoms with E-state index in [9.17, 15) is 4.79 Å². The minimum atomic E-state index is 0.0706. The standard InChI is InChI=1S/C16H27NO/c1-3-4-17-11(2)15(18)16-8-12-5-13(9-16)7-14(6-12)10-16/h11-14,17H,3-10H2,1-2H3/t11-,12?,13?,14?,16?/m1/s1. The lowest BCUT2D eigenvalue weighted by atomic mass is 9.48. The summed E-state index contributed by atoms with van der Waals surface area (Å²) in [7, 11) is 0. The molecule has 0 aliphatic heterocycles. The highest BCUT2D eigenvalue weighted by molar-refractivity contribution is 5.89. The first-order valence-corrected chi connectivity index (χ1v) is 7.90. The number of carbonyl (C=O) groups is 1. The van der Waals surface area contributed by atoms with Crippen LogP contribution in [0, 0.1) is 23.2 Å². The van der Waals surface area contributed by atoms with Gasteiger partial charge < -0.3 is 5.32 Å². The van der Waals surface area contributed by atoms with Crippen molar-refractivity contribution in [3.05, 3.63) is 0 Å². The van der Waals surface area contributed by atoms with E-state index in [-0.39, 0.29) is 11.5 Å². The first-order valence-electron chi connectivity index (χ1n) is 7.90. The summed E-state index contributed by atoms with van der Waals surface area (Å²) in [6, 6.07) is 0.0706. The van der Waals surface area contributed by atoms with E-state index in [2.05, 4.69) is 19.2 Å². The molecule has 0 unspecified atom stereocenters. The fourth-order valence-corrected chi connectivity index (χ4v) is 5.33. The Morgan fingerprint density at radius 3 is 2.11 bits per heavy atom. The van der Waals surface area contributed by atoms with E-state index in [1.165, 1.54) is 38.5 Å². The second-order valence-electron chi connectivity index (χ2n) is 7.24. The summed E-state index contributed by atoms with van der Waals surface area (Å²) in [5, 5.41) is 3.41. The molecule has 0 saturated heterocycles. The van der Waals surface area contributed by atoms with E-state index < -0.39 is 0 Å². The van der Waals surface area contributed by atoms with Crippen molar-refractivity contribution in [2.75, 3.05) is 6.54 Å². The van der Waals surface area contributed by atoms with Crippen LogP contribution in [-0.2, 0) is 4.79 Å². The van der Waals surface area contributed by atoms with Crippen LogP contribution in [0.15, 0.2) is 0 Å². The molecular weight excluding hydrogens is 222 g/mol. The molecule has 1 N–H and O–H groups in total. The van der Waals surface area contributed by atoms with Gasteiger partial charge in [-0.25, -0.2) is 0 Å². The molecule has 4 aliphatic carbocycles. The van der Waals surface area contributed by atoms with Crippen molar-refractivity contribution in [2.24, 2.45) is 23.2 Å². The van der Waals surface area contributed by atoms with Gasteiger partial charge in [0.15, 0.2) is 5.78 Å². The Balaban J connectivity index is 1.72. The monoisotopic (exact) mass is 249 g/mol. The first-order chi connectivity index (χ1) is 8.63. The molecule has 0 heterocycles. The molecule has 4 fully saturated rings. The van der Waals surface area contributed by atoms with Gasteiger partial charge in [0.2, 0.25) is 0 Å². The lowest BCUT2D eigenvalue weighted by Gasteiger charge is -2.56. The first kappa shape index (κ1) is 12.7. The SMILES string of the molecule is CCCN[C@H](C)C(=O)C12CC3CC(CC(C3)C1)C2. The third-order valence-corrected chi connectivity index (χ3v) is 5.65.